The van der Waals surface area contributed by atoms with E-state index in [4.69, 9.17) is 0 Å². The minimum Gasteiger partial charge on any atom is -0.354 e. The summed E-state index contributed by atoms with van der Waals surface area (Å²) >= 11 is 0. The average molecular weight is 207 g/mol. The molecule has 0 aromatic heterocycles. The SMILES string of the molecule is CN(C)S(=O)(=O)N1CCNC(=O)C1. The number of hydrogen-bond acceptors (Lipinski definition) is 3. The molecule has 1 aliphatic rings. The molecule has 1 aliphatic heterocycles. The van der Waals surface area contributed by atoms with Gasteiger partial charge in [-0.25, -0.2) is 0 Å². The van der Waals surface area contributed by atoms with Gasteiger partial charge in [-0.15, -0.1) is 0 Å². The molecule has 0 atom stereocenters. The summed E-state index contributed by atoms with van der Waals surface area (Å²) < 4.78 is 25.3. The van der Waals surface area contributed by atoms with Crippen LogP contribution in [0.25, 0.3) is 0 Å². The molecule has 0 unspecified atom stereocenters. The van der Waals surface area contributed by atoms with Gasteiger partial charge in [-0.1, -0.05) is 0 Å². The molecule has 1 saturated heterocycles. The Morgan fingerprint density at radius 2 is 2.08 bits per heavy atom. The molecule has 0 saturated carbocycles. The van der Waals surface area contributed by atoms with Gasteiger partial charge < -0.3 is 5.32 Å². The Morgan fingerprint density at radius 3 is 2.54 bits per heavy atom. The fraction of sp³-hybridized carbons (Fsp3) is 0.833. The van der Waals surface area contributed by atoms with Gasteiger partial charge in [-0.3, -0.25) is 4.79 Å². The molecule has 0 radical (unpaired) electrons. The predicted molar refractivity (Wildman–Crippen MR) is 47.2 cm³/mol. The van der Waals surface area contributed by atoms with Crippen molar-refractivity contribution in [3.8, 4) is 0 Å². The van der Waals surface area contributed by atoms with E-state index < -0.39 is 10.2 Å². The Morgan fingerprint density at radius 1 is 1.46 bits per heavy atom. The van der Waals surface area contributed by atoms with Crippen molar-refractivity contribution in [3.05, 3.63) is 0 Å². The number of piperazine rings is 1. The minimum absolute atomic E-state index is 0.0828. The highest BCUT2D eigenvalue weighted by molar-refractivity contribution is 7.86. The predicted octanol–water partition coefficient (Wildman–Crippen LogP) is -1.78. The summed E-state index contributed by atoms with van der Waals surface area (Å²) in [7, 11) is -0.534. The highest BCUT2D eigenvalue weighted by Crippen LogP contribution is 2.05. The first kappa shape index (κ1) is 10.4. The van der Waals surface area contributed by atoms with Crippen molar-refractivity contribution in [2.24, 2.45) is 0 Å². The second-order valence-electron chi connectivity index (χ2n) is 2.97. The molecule has 7 heteroatoms. The van der Waals surface area contributed by atoms with Crippen LogP contribution in [0.3, 0.4) is 0 Å². The minimum atomic E-state index is -3.43. The van der Waals surface area contributed by atoms with Crippen LogP contribution in [0.15, 0.2) is 0 Å². The molecule has 0 aliphatic carbocycles. The van der Waals surface area contributed by atoms with Crippen LogP contribution in [0.5, 0.6) is 0 Å². The summed E-state index contributed by atoms with van der Waals surface area (Å²) in [6.07, 6.45) is 0. The van der Waals surface area contributed by atoms with Crippen LogP contribution in [0.1, 0.15) is 0 Å². The Kier molecular flexibility index (Phi) is 2.89. The molecule has 1 fully saturated rings. The van der Waals surface area contributed by atoms with Crippen LogP contribution in [-0.2, 0) is 15.0 Å². The van der Waals surface area contributed by atoms with Gasteiger partial charge >= 0.3 is 0 Å². The van der Waals surface area contributed by atoms with Crippen molar-refractivity contribution in [3.63, 3.8) is 0 Å². The standard InChI is InChI=1S/C6H13N3O3S/c1-8(2)13(11,12)9-4-3-7-6(10)5-9/h3-5H2,1-2H3,(H,7,10). The summed E-state index contributed by atoms with van der Waals surface area (Å²) in [5, 5.41) is 2.56. The zero-order chi connectivity index (χ0) is 10.1. The maximum Gasteiger partial charge on any atom is 0.282 e. The molecule has 1 rings (SSSR count). The molecular formula is C6H13N3O3S. The number of carbonyl (C=O) groups is 1. The van der Waals surface area contributed by atoms with Crippen molar-refractivity contribution in [2.75, 3.05) is 33.7 Å². The number of carbonyl (C=O) groups excluding carboxylic acids is 1. The van der Waals surface area contributed by atoms with E-state index in [0.717, 1.165) is 8.61 Å². The average Bonchev–Trinajstić information content (AvgIpc) is 2.04. The van der Waals surface area contributed by atoms with Crippen molar-refractivity contribution >= 4 is 16.1 Å². The van der Waals surface area contributed by atoms with E-state index in [9.17, 15) is 13.2 Å². The summed E-state index contributed by atoms with van der Waals surface area (Å²) in [5.41, 5.74) is 0. The lowest BCUT2D eigenvalue weighted by Gasteiger charge is -2.28. The van der Waals surface area contributed by atoms with Gasteiger partial charge in [0.25, 0.3) is 10.2 Å². The summed E-state index contributed by atoms with van der Waals surface area (Å²) in [6, 6.07) is 0. The maximum absolute atomic E-state index is 11.5. The Labute approximate surface area is 77.7 Å². The van der Waals surface area contributed by atoms with Gasteiger partial charge in [0.1, 0.15) is 0 Å². The van der Waals surface area contributed by atoms with Crippen LogP contribution in [0.2, 0.25) is 0 Å². The lowest BCUT2D eigenvalue weighted by molar-refractivity contribution is -0.122. The summed E-state index contributed by atoms with van der Waals surface area (Å²) in [5.74, 6) is -0.253. The Bertz CT molecular complexity index is 298. The molecule has 76 valence electrons. The van der Waals surface area contributed by atoms with Crippen LogP contribution < -0.4 is 5.32 Å². The van der Waals surface area contributed by atoms with Crippen LogP contribution in [-0.4, -0.2) is 56.7 Å². The smallest absolute Gasteiger partial charge is 0.282 e. The van der Waals surface area contributed by atoms with Gasteiger partial charge in [0.15, 0.2) is 0 Å². The van der Waals surface area contributed by atoms with Crippen molar-refractivity contribution in [2.45, 2.75) is 0 Å². The van der Waals surface area contributed by atoms with Crippen LogP contribution in [0.4, 0.5) is 0 Å². The molecule has 1 heterocycles. The van der Waals surface area contributed by atoms with Gasteiger partial charge in [-0.05, 0) is 0 Å². The number of rotatable bonds is 2. The lowest BCUT2D eigenvalue weighted by Crippen LogP contribution is -2.52. The highest BCUT2D eigenvalue weighted by atomic mass is 32.2. The summed E-state index contributed by atoms with van der Waals surface area (Å²) in [4.78, 5) is 10.9. The Hall–Kier alpha value is -0.660. The van der Waals surface area contributed by atoms with E-state index in [0.29, 0.717) is 13.1 Å². The largest absolute Gasteiger partial charge is 0.354 e. The summed E-state index contributed by atoms with van der Waals surface area (Å²) in [6.45, 7) is 0.638. The van der Waals surface area contributed by atoms with Gasteiger partial charge in [0, 0.05) is 27.2 Å². The third-order valence-electron chi connectivity index (χ3n) is 1.79. The van der Waals surface area contributed by atoms with Gasteiger partial charge in [0.2, 0.25) is 5.91 Å². The highest BCUT2D eigenvalue weighted by Gasteiger charge is 2.28. The molecular weight excluding hydrogens is 194 g/mol. The molecule has 0 bridgehead atoms. The van der Waals surface area contributed by atoms with E-state index in [-0.39, 0.29) is 12.5 Å². The molecule has 0 aromatic carbocycles. The number of nitrogens with one attached hydrogen (secondary N) is 1. The topological polar surface area (TPSA) is 69.7 Å². The third kappa shape index (κ3) is 2.17. The van der Waals surface area contributed by atoms with Crippen molar-refractivity contribution < 1.29 is 13.2 Å². The zero-order valence-electron chi connectivity index (χ0n) is 7.65. The Balaban J connectivity index is 2.77. The number of amides is 1. The maximum atomic E-state index is 11.5. The normalized spacial score (nSPS) is 20.4. The van der Waals surface area contributed by atoms with E-state index in [1.807, 2.05) is 0 Å². The second kappa shape index (κ2) is 3.60. The molecule has 1 amide bonds. The lowest BCUT2D eigenvalue weighted by atomic mass is 10.4. The molecule has 0 aromatic rings. The quantitative estimate of drug-likeness (QED) is 0.582. The van der Waals surface area contributed by atoms with Gasteiger partial charge in [-0.2, -0.15) is 17.0 Å². The molecule has 13 heavy (non-hydrogen) atoms. The fourth-order valence-corrected chi connectivity index (χ4v) is 2.11. The van der Waals surface area contributed by atoms with E-state index >= 15 is 0 Å². The fourth-order valence-electron chi connectivity index (χ4n) is 1.04. The second-order valence-corrected chi connectivity index (χ2v) is 5.12. The molecule has 6 nitrogen and oxygen atoms in total. The van der Waals surface area contributed by atoms with Crippen LogP contribution >= 0.6 is 0 Å². The van der Waals surface area contributed by atoms with Crippen LogP contribution in [0, 0.1) is 0 Å². The van der Waals surface area contributed by atoms with E-state index in [2.05, 4.69) is 5.32 Å². The number of hydrogen-bond donors (Lipinski definition) is 1. The zero-order valence-corrected chi connectivity index (χ0v) is 8.47. The first-order chi connectivity index (χ1) is 5.94. The first-order valence-corrected chi connectivity index (χ1v) is 5.28. The first-order valence-electron chi connectivity index (χ1n) is 3.89. The number of nitrogens with zero attached hydrogens (tertiary/aromatic N) is 2. The third-order valence-corrected chi connectivity index (χ3v) is 3.68. The van der Waals surface area contributed by atoms with Gasteiger partial charge in [0.05, 0.1) is 6.54 Å². The van der Waals surface area contributed by atoms with E-state index in [1.165, 1.54) is 14.1 Å². The van der Waals surface area contributed by atoms with E-state index in [1.54, 1.807) is 0 Å². The molecule has 0 spiro atoms. The van der Waals surface area contributed by atoms with Crippen molar-refractivity contribution in [1.82, 2.24) is 13.9 Å². The molecule has 1 N–H and O–H groups in total. The monoisotopic (exact) mass is 207 g/mol. The van der Waals surface area contributed by atoms with Crippen molar-refractivity contribution in [1.29, 1.82) is 0 Å².